The Morgan fingerprint density at radius 1 is 1.36 bits per heavy atom. The fourth-order valence-electron chi connectivity index (χ4n) is 2.57. The average Bonchev–Trinajstić information content (AvgIpc) is 2.43. The van der Waals surface area contributed by atoms with Crippen molar-refractivity contribution in [2.45, 2.75) is 38.6 Å². The lowest BCUT2D eigenvalue weighted by molar-refractivity contribution is 0.0945. The first-order chi connectivity index (χ1) is 10.6. The van der Waals surface area contributed by atoms with Gasteiger partial charge in [-0.15, -0.1) is 0 Å². The van der Waals surface area contributed by atoms with Crippen LogP contribution in [0.3, 0.4) is 0 Å². The number of nitrogens with zero attached hydrogens (tertiary/aromatic N) is 1. The molecule has 2 aromatic rings. The normalized spacial score (nSPS) is 14.4. The van der Waals surface area contributed by atoms with E-state index in [1.54, 1.807) is 19.3 Å². The van der Waals surface area contributed by atoms with Gasteiger partial charge in [-0.1, -0.05) is 6.42 Å². The Labute approximate surface area is 128 Å². The third kappa shape index (κ3) is 2.93. The molecular formula is C17H18N2O3. The molecule has 1 N–H and O–H groups in total. The molecule has 114 valence electrons. The van der Waals surface area contributed by atoms with E-state index in [-0.39, 0.29) is 5.56 Å². The molecule has 2 heterocycles. The van der Waals surface area contributed by atoms with E-state index >= 15 is 0 Å². The van der Waals surface area contributed by atoms with E-state index in [4.69, 9.17) is 4.42 Å². The van der Waals surface area contributed by atoms with Crippen LogP contribution in [-0.4, -0.2) is 10.9 Å². The summed E-state index contributed by atoms with van der Waals surface area (Å²) < 4.78 is 5.34. The molecule has 1 saturated carbocycles. The Bertz CT molecular complexity index is 733. The van der Waals surface area contributed by atoms with Crippen LogP contribution in [0.5, 0.6) is 0 Å². The zero-order chi connectivity index (χ0) is 15.5. The molecule has 0 spiro atoms. The van der Waals surface area contributed by atoms with E-state index in [0.717, 1.165) is 18.4 Å². The molecule has 3 rings (SSSR count). The highest BCUT2D eigenvalue weighted by Gasteiger charge is 2.25. The number of rotatable bonds is 4. The molecule has 0 radical (unpaired) electrons. The number of hydrogen-bond donors (Lipinski definition) is 1. The number of carbonyl (C=O) groups excluding carboxylic acids is 1. The van der Waals surface area contributed by atoms with E-state index in [2.05, 4.69) is 10.3 Å². The number of pyridine rings is 1. The van der Waals surface area contributed by atoms with Gasteiger partial charge in [0.25, 0.3) is 5.91 Å². The van der Waals surface area contributed by atoms with Crippen molar-refractivity contribution in [3.63, 3.8) is 0 Å². The molecule has 5 heteroatoms. The third-order valence-corrected chi connectivity index (χ3v) is 4.10. The molecule has 22 heavy (non-hydrogen) atoms. The summed E-state index contributed by atoms with van der Waals surface area (Å²) in [4.78, 5) is 28.3. The van der Waals surface area contributed by atoms with E-state index in [0.29, 0.717) is 23.8 Å². The standard InChI is InChI=1S/C17H18N2O3/c1-11-9-14(13-3-2-4-13)22-17(21)15(11)16(20)19-10-12-5-7-18-8-6-12/h5-9,13H,2-4,10H2,1H3,(H,19,20). The van der Waals surface area contributed by atoms with Crippen molar-refractivity contribution in [2.75, 3.05) is 0 Å². The molecule has 1 amide bonds. The van der Waals surface area contributed by atoms with E-state index in [1.165, 1.54) is 6.42 Å². The molecule has 0 bridgehead atoms. The Morgan fingerprint density at radius 2 is 2.09 bits per heavy atom. The fourth-order valence-corrected chi connectivity index (χ4v) is 2.57. The second-order valence-electron chi connectivity index (χ2n) is 5.66. The fraction of sp³-hybridized carbons (Fsp3) is 0.353. The summed E-state index contributed by atoms with van der Waals surface area (Å²) in [6.45, 7) is 2.13. The van der Waals surface area contributed by atoms with Crippen molar-refractivity contribution in [1.29, 1.82) is 0 Å². The highest BCUT2D eigenvalue weighted by atomic mass is 16.4. The maximum absolute atomic E-state index is 12.2. The Kier molecular flexibility index (Phi) is 4.04. The van der Waals surface area contributed by atoms with E-state index in [1.807, 2.05) is 18.2 Å². The van der Waals surface area contributed by atoms with Gasteiger partial charge in [-0.05, 0) is 49.1 Å². The molecule has 0 atom stereocenters. The lowest BCUT2D eigenvalue weighted by Crippen LogP contribution is -2.29. The number of aryl methyl sites for hydroxylation is 1. The minimum Gasteiger partial charge on any atom is -0.427 e. The van der Waals surface area contributed by atoms with Crippen LogP contribution in [0.1, 0.15) is 52.4 Å². The predicted molar refractivity (Wildman–Crippen MR) is 81.7 cm³/mol. The third-order valence-electron chi connectivity index (χ3n) is 4.10. The first-order valence-electron chi connectivity index (χ1n) is 7.47. The van der Waals surface area contributed by atoms with E-state index in [9.17, 15) is 9.59 Å². The van der Waals surface area contributed by atoms with Crippen LogP contribution in [0.4, 0.5) is 0 Å². The molecule has 5 nitrogen and oxygen atoms in total. The minimum atomic E-state index is -0.547. The van der Waals surface area contributed by atoms with Crippen LogP contribution < -0.4 is 10.9 Å². The quantitative estimate of drug-likeness (QED) is 0.941. The Morgan fingerprint density at radius 3 is 2.68 bits per heavy atom. The highest BCUT2D eigenvalue weighted by molar-refractivity contribution is 5.95. The topological polar surface area (TPSA) is 72.2 Å². The zero-order valence-electron chi connectivity index (χ0n) is 12.5. The number of nitrogens with one attached hydrogen (secondary N) is 1. The maximum atomic E-state index is 12.2. The van der Waals surface area contributed by atoms with Gasteiger partial charge in [0.15, 0.2) is 0 Å². The van der Waals surface area contributed by atoms with Crippen molar-refractivity contribution in [2.24, 2.45) is 0 Å². The molecule has 2 aromatic heterocycles. The van der Waals surface area contributed by atoms with Crippen LogP contribution in [0.15, 0.2) is 39.8 Å². The van der Waals surface area contributed by atoms with Crippen LogP contribution in [0.25, 0.3) is 0 Å². The first kappa shape index (κ1) is 14.5. The van der Waals surface area contributed by atoms with E-state index < -0.39 is 11.5 Å². The molecule has 1 aliphatic rings. The Balaban J connectivity index is 1.76. The zero-order valence-corrected chi connectivity index (χ0v) is 12.5. The lowest BCUT2D eigenvalue weighted by atomic mass is 9.83. The minimum absolute atomic E-state index is 0.0946. The molecule has 1 aliphatic carbocycles. The largest absolute Gasteiger partial charge is 0.427 e. The number of carbonyl (C=O) groups is 1. The SMILES string of the molecule is Cc1cc(C2CCC2)oc(=O)c1C(=O)NCc1ccncc1. The number of amides is 1. The van der Waals surface area contributed by atoms with Crippen LogP contribution in [-0.2, 0) is 6.54 Å². The highest BCUT2D eigenvalue weighted by Crippen LogP contribution is 2.36. The Hall–Kier alpha value is -2.43. The molecule has 0 aliphatic heterocycles. The van der Waals surface area contributed by atoms with Gasteiger partial charge in [-0.2, -0.15) is 0 Å². The van der Waals surface area contributed by atoms with Crippen molar-refractivity contribution in [3.8, 4) is 0 Å². The first-order valence-corrected chi connectivity index (χ1v) is 7.47. The predicted octanol–water partition coefficient (Wildman–Crippen LogP) is 2.54. The van der Waals surface area contributed by atoms with Gasteiger partial charge in [-0.25, -0.2) is 4.79 Å². The summed E-state index contributed by atoms with van der Waals surface area (Å²) >= 11 is 0. The second kappa shape index (κ2) is 6.13. The van der Waals surface area contributed by atoms with Gasteiger partial charge in [0.1, 0.15) is 11.3 Å². The molecule has 0 unspecified atom stereocenters. The van der Waals surface area contributed by atoms with Gasteiger partial charge >= 0.3 is 5.63 Å². The van der Waals surface area contributed by atoms with Crippen molar-refractivity contribution in [1.82, 2.24) is 10.3 Å². The van der Waals surface area contributed by atoms with Gasteiger partial charge in [0, 0.05) is 24.9 Å². The van der Waals surface area contributed by atoms with Gasteiger partial charge in [-0.3, -0.25) is 9.78 Å². The summed E-state index contributed by atoms with van der Waals surface area (Å²) in [5, 5.41) is 2.75. The van der Waals surface area contributed by atoms with Crippen molar-refractivity contribution >= 4 is 5.91 Å². The van der Waals surface area contributed by atoms with Crippen molar-refractivity contribution < 1.29 is 9.21 Å². The van der Waals surface area contributed by atoms with Gasteiger partial charge in [0.05, 0.1) is 0 Å². The monoisotopic (exact) mass is 298 g/mol. The number of hydrogen-bond acceptors (Lipinski definition) is 4. The lowest BCUT2D eigenvalue weighted by Gasteiger charge is -2.24. The molecule has 1 fully saturated rings. The summed E-state index contributed by atoms with van der Waals surface area (Å²) in [5.41, 5.74) is 1.15. The van der Waals surface area contributed by atoms with Gasteiger partial charge in [0.2, 0.25) is 0 Å². The second-order valence-corrected chi connectivity index (χ2v) is 5.66. The van der Waals surface area contributed by atoms with Crippen LogP contribution in [0.2, 0.25) is 0 Å². The maximum Gasteiger partial charge on any atom is 0.349 e. The average molecular weight is 298 g/mol. The van der Waals surface area contributed by atoms with Gasteiger partial charge < -0.3 is 9.73 Å². The van der Waals surface area contributed by atoms with Crippen LogP contribution >= 0.6 is 0 Å². The molecular weight excluding hydrogens is 280 g/mol. The summed E-state index contributed by atoms with van der Waals surface area (Å²) in [5.74, 6) is 0.642. The smallest absolute Gasteiger partial charge is 0.349 e. The molecule has 0 aromatic carbocycles. The summed E-state index contributed by atoms with van der Waals surface area (Å²) in [6, 6.07) is 5.46. The molecule has 0 saturated heterocycles. The van der Waals surface area contributed by atoms with Crippen LogP contribution in [0, 0.1) is 6.92 Å². The number of aromatic nitrogens is 1. The van der Waals surface area contributed by atoms with Crippen molar-refractivity contribution in [3.05, 3.63) is 63.5 Å². The summed E-state index contributed by atoms with van der Waals surface area (Å²) in [7, 11) is 0. The summed E-state index contributed by atoms with van der Waals surface area (Å²) in [6.07, 6.45) is 6.59.